The second-order valence-electron chi connectivity index (χ2n) is 2.92. The number of hydrogen-bond donors (Lipinski definition) is 0. The molecule has 2 rings (SSSR count). The molecule has 2 aromatic carbocycles. The Hall–Kier alpha value is -1.08. The third kappa shape index (κ3) is 1.52. The average Bonchev–Trinajstić information content (AvgIpc) is 2.17. The number of halogens is 2. The molecule has 2 aromatic rings. The van der Waals surface area contributed by atoms with Gasteiger partial charge in [0.15, 0.2) is 0 Å². The van der Waals surface area contributed by atoms with Crippen molar-refractivity contribution in [3.63, 3.8) is 0 Å². The quantitative estimate of drug-likeness (QED) is 0.607. The molecular weight excluding hydrogens is 187 g/mol. The SMILES string of the molecule is Fc1cc2ccccc2cc1CCl. The van der Waals surface area contributed by atoms with Crippen LogP contribution >= 0.6 is 11.6 Å². The van der Waals surface area contributed by atoms with E-state index in [2.05, 4.69) is 0 Å². The van der Waals surface area contributed by atoms with E-state index in [0.717, 1.165) is 10.8 Å². The van der Waals surface area contributed by atoms with Crippen LogP contribution in [0.5, 0.6) is 0 Å². The lowest BCUT2D eigenvalue weighted by Crippen LogP contribution is -1.85. The van der Waals surface area contributed by atoms with Crippen LogP contribution < -0.4 is 0 Å². The van der Waals surface area contributed by atoms with Crippen LogP contribution in [0.25, 0.3) is 10.8 Å². The van der Waals surface area contributed by atoms with Crippen molar-refractivity contribution in [1.29, 1.82) is 0 Å². The first-order chi connectivity index (χ1) is 6.31. The summed E-state index contributed by atoms with van der Waals surface area (Å²) < 4.78 is 13.2. The highest BCUT2D eigenvalue weighted by Gasteiger charge is 2.02. The van der Waals surface area contributed by atoms with E-state index in [0.29, 0.717) is 5.56 Å². The fourth-order valence-electron chi connectivity index (χ4n) is 1.36. The van der Waals surface area contributed by atoms with E-state index in [-0.39, 0.29) is 11.7 Å². The van der Waals surface area contributed by atoms with Gasteiger partial charge in [-0.1, -0.05) is 24.3 Å². The molecule has 2 heteroatoms. The lowest BCUT2D eigenvalue weighted by Gasteiger charge is -2.01. The van der Waals surface area contributed by atoms with E-state index in [4.69, 9.17) is 11.6 Å². The van der Waals surface area contributed by atoms with E-state index in [9.17, 15) is 4.39 Å². The molecule has 0 unspecified atom stereocenters. The molecular formula is C11H8ClF. The molecule has 0 aliphatic carbocycles. The van der Waals surface area contributed by atoms with Crippen LogP contribution in [0.4, 0.5) is 4.39 Å². The molecule has 66 valence electrons. The lowest BCUT2D eigenvalue weighted by molar-refractivity contribution is 0.619. The van der Waals surface area contributed by atoms with Crippen molar-refractivity contribution >= 4 is 22.4 Å². The van der Waals surface area contributed by atoms with Gasteiger partial charge in [-0.05, 0) is 22.9 Å². The molecule has 0 aliphatic heterocycles. The molecule has 0 aliphatic rings. The Morgan fingerprint density at radius 2 is 1.69 bits per heavy atom. The molecule has 0 fully saturated rings. The average molecular weight is 195 g/mol. The zero-order chi connectivity index (χ0) is 9.26. The predicted molar refractivity (Wildman–Crippen MR) is 53.5 cm³/mol. The predicted octanol–water partition coefficient (Wildman–Crippen LogP) is 3.72. The summed E-state index contributed by atoms with van der Waals surface area (Å²) in [6.45, 7) is 0. The minimum Gasteiger partial charge on any atom is -0.207 e. The molecule has 0 aromatic heterocycles. The summed E-state index contributed by atoms with van der Waals surface area (Å²) in [6.07, 6.45) is 0. The highest BCUT2D eigenvalue weighted by Crippen LogP contribution is 2.19. The summed E-state index contributed by atoms with van der Waals surface area (Å²) in [7, 11) is 0. The van der Waals surface area contributed by atoms with Crippen LogP contribution in [-0.2, 0) is 5.88 Å². The molecule has 0 amide bonds. The highest BCUT2D eigenvalue weighted by molar-refractivity contribution is 6.17. The van der Waals surface area contributed by atoms with Crippen molar-refractivity contribution in [2.75, 3.05) is 0 Å². The molecule has 0 bridgehead atoms. The smallest absolute Gasteiger partial charge is 0.128 e. The maximum Gasteiger partial charge on any atom is 0.128 e. The summed E-state index contributed by atoms with van der Waals surface area (Å²) in [6, 6.07) is 11.0. The molecule has 0 nitrogen and oxygen atoms in total. The minimum absolute atomic E-state index is 0.219. The van der Waals surface area contributed by atoms with Crippen molar-refractivity contribution in [3.8, 4) is 0 Å². The van der Waals surface area contributed by atoms with E-state index in [1.807, 2.05) is 24.3 Å². The molecule has 0 saturated carbocycles. The Morgan fingerprint density at radius 3 is 2.31 bits per heavy atom. The van der Waals surface area contributed by atoms with Crippen molar-refractivity contribution in [2.45, 2.75) is 5.88 Å². The van der Waals surface area contributed by atoms with Crippen LogP contribution in [0.3, 0.4) is 0 Å². The van der Waals surface area contributed by atoms with Gasteiger partial charge in [-0.2, -0.15) is 0 Å². The maximum atomic E-state index is 13.2. The first kappa shape index (κ1) is 8.52. The number of rotatable bonds is 1. The lowest BCUT2D eigenvalue weighted by atomic mass is 10.1. The van der Waals surface area contributed by atoms with E-state index >= 15 is 0 Å². The first-order valence-corrected chi connectivity index (χ1v) is 4.58. The van der Waals surface area contributed by atoms with Gasteiger partial charge in [0, 0.05) is 5.56 Å². The van der Waals surface area contributed by atoms with Gasteiger partial charge in [0.05, 0.1) is 5.88 Å². The summed E-state index contributed by atoms with van der Waals surface area (Å²) >= 11 is 5.59. The number of alkyl halides is 1. The molecule has 0 heterocycles. The molecule has 0 radical (unpaired) electrons. The van der Waals surface area contributed by atoms with Gasteiger partial charge in [-0.3, -0.25) is 0 Å². The van der Waals surface area contributed by atoms with Crippen LogP contribution in [0.1, 0.15) is 5.56 Å². The Balaban J connectivity index is 2.74. The molecule has 0 N–H and O–H groups in total. The monoisotopic (exact) mass is 194 g/mol. The number of fused-ring (bicyclic) bond motifs is 1. The molecule has 0 spiro atoms. The van der Waals surface area contributed by atoms with Crippen molar-refractivity contribution < 1.29 is 4.39 Å². The fraction of sp³-hybridized carbons (Fsp3) is 0.0909. The van der Waals surface area contributed by atoms with Gasteiger partial charge in [0.1, 0.15) is 5.82 Å². The minimum atomic E-state index is -0.228. The Labute approximate surface area is 80.9 Å². The zero-order valence-electron chi connectivity index (χ0n) is 6.93. The second kappa shape index (κ2) is 3.35. The normalized spacial score (nSPS) is 10.6. The number of benzene rings is 2. The third-order valence-electron chi connectivity index (χ3n) is 2.06. The highest BCUT2D eigenvalue weighted by atomic mass is 35.5. The van der Waals surface area contributed by atoms with Gasteiger partial charge in [0.25, 0.3) is 0 Å². The molecule has 13 heavy (non-hydrogen) atoms. The van der Waals surface area contributed by atoms with Crippen LogP contribution in [0, 0.1) is 5.82 Å². The molecule has 0 atom stereocenters. The van der Waals surface area contributed by atoms with Gasteiger partial charge in [0.2, 0.25) is 0 Å². The van der Waals surface area contributed by atoms with Gasteiger partial charge in [-0.25, -0.2) is 4.39 Å². The maximum absolute atomic E-state index is 13.2. The standard InChI is InChI=1S/C11H8ClF/c12-7-10-5-8-3-1-2-4-9(8)6-11(10)13/h1-6H,7H2. The van der Waals surface area contributed by atoms with Crippen molar-refractivity contribution in [3.05, 3.63) is 47.8 Å². The fourth-order valence-corrected chi connectivity index (χ4v) is 1.57. The third-order valence-corrected chi connectivity index (χ3v) is 2.35. The first-order valence-electron chi connectivity index (χ1n) is 4.04. The largest absolute Gasteiger partial charge is 0.207 e. The summed E-state index contributed by atoms with van der Waals surface area (Å²) in [5.74, 6) is -0.00914. The van der Waals surface area contributed by atoms with E-state index in [1.165, 1.54) is 6.07 Å². The van der Waals surface area contributed by atoms with Crippen LogP contribution in [0.2, 0.25) is 0 Å². The number of hydrogen-bond acceptors (Lipinski definition) is 0. The van der Waals surface area contributed by atoms with Crippen molar-refractivity contribution in [1.82, 2.24) is 0 Å². The summed E-state index contributed by atoms with van der Waals surface area (Å²) in [5.41, 5.74) is 0.556. The Morgan fingerprint density at radius 1 is 1.08 bits per heavy atom. The van der Waals surface area contributed by atoms with Gasteiger partial charge in [-0.15, -0.1) is 11.6 Å². The Bertz CT molecular complexity index is 437. The van der Waals surface area contributed by atoms with Gasteiger partial charge >= 0.3 is 0 Å². The van der Waals surface area contributed by atoms with Crippen LogP contribution in [-0.4, -0.2) is 0 Å². The van der Waals surface area contributed by atoms with E-state index < -0.39 is 0 Å². The zero-order valence-corrected chi connectivity index (χ0v) is 7.68. The summed E-state index contributed by atoms with van der Waals surface area (Å²) in [4.78, 5) is 0. The van der Waals surface area contributed by atoms with E-state index in [1.54, 1.807) is 6.07 Å². The second-order valence-corrected chi connectivity index (χ2v) is 3.19. The molecule has 0 saturated heterocycles. The topological polar surface area (TPSA) is 0 Å². The van der Waals surface area contributed by atoms with Crippen molar-refractivity contribution in [2.24, 2.45) is 0 Å². The Kier molecular flexibility index (Phi) is 2.19. The van der Waals surface area contributed by atoms with Crippen LogP contribution in [0.15, 0.2) is 36.4 Å². The van der Waals surface area contributed by atoms with Gasteiger partial charge < -0.3 is 0 Å². The summed E-state index contributed by atoms with van der Waals surface area (Å²) in [5, 5.41) is 1.94.